The van der Waals surface area contributed by atoms with E-state index < -0.39 is 0 Å². The molecule has 2 aromatic heterocycles. The predicted octanol–water partition coefficient (Wildman–Crippen LogP) is 4.19. The van der Waals surface area contributed by atoms with E-state index in [1.54, 1.807) is 24.0 Å². The zero-order valence-corrected chi connectivity index (χ0v) is 13.5. The van der Waals surface area contributed by atoms with Gasteiger partial charge in [0.2, 0.25) is 0 Å². The average molecular weight is 316 g/mol. The monoisotopic (exact) mass is 316 g/mol. The van der Waals surface area contributed by atoms with Crippen LogP contribution >= 0.6 is 0 Å². The highest BCUT2D eigenvalue weighted by Crippen LogP contribution is 2.28. The summed E-state index contributed by atoms with van der Waals surface area (Å²) in [5.41, 5.74) is 1.96. The van der Waals surface area contributed by atoms with Gasteiger partial charge in [-0.25, -0.2) is 0 Å². The van der Waals surface area contributed by atoms with Crippen molar-refractivity contribution in [3.63, 3.8) is 0 Å². The molecule has 2 heterocycles. The first kappa shape index (κ1) is 14.5. The van der Waals surface area contributed by atoms with E-state index in [-0.39, 0.29) is 5.56 Å². The summed E-state index contributed by atoms with van der Waals surface area (Å²) < 4.78 is 7.56. The first-order valence-electron chi connectivity index (χ1n) is 7.74. The first-order chi connectivity index (χ1) is 11.6. The molecule has 0 fully saturated rings. The summed E-state index contributed by atoms with van der Waals surface area (Å²) >= 11 is 0. The van der Waals surface area contributed by atoms with Gasteiger partial charge in [0.05, 0.1) is 10.9 Å². The van der Waals surface area contributed by atoms with Gasteiger partial charge in [-0.2, -0.15) is 0 Å². The Balaban J connectivity index is 1.89. The van der Waals surface area contributed by atoms with Gasteiger partial charge in [-0.1, -0.05) is 17.7 Å². The molecular formula is C20H16N2O2. The van der Waals surface area contributed by atoms with Gasteiger partial charge in [-0.05, 0) is 42.6 Å². The van der Waals surface area contributed by atoms with Crippen molar-refractivity contribution in [1.82, 2.24) is 9.55 Å². The fourth-order valence-corrected chi connectivity index (χ4v) is 2.91. The molecule has 0 spiro atoms. The van der Waals surface area contributed by atoms with Crippen molar-refractivity contribution in [2.24, 2.45) is 7.05 Å². The van der Waals surface area contributed by atoms with Crippen LogP contribution in [0.1, 0.15) is 5.56 Å². The van der Waals surface area contributed by atoms with Gasteiger partial charge in [0.25, 0.3) is 5.56 Å². The van der Waals surface area contributed by atoms with Crippen LogP contribution in [0.15, 0.2) is 65.7 Å². The molecule has 24 heavy (non-hydrogen) atoms. The summed E-state index contributed by atoms with van der Waals surface area (Å²) in [6.45, 7) is 2.04. The second kappa shape index (κ2) is 5.49. The van der Waals surface area contributed by atoms with Gasteiger partial charge in [-0.15, -0.1) is 0 Å². The third kappa shape index (κ3) is 2.33. The van der Waals surface area contributed by atoms with Gasteiger partial charge in [0.1, 0.15) is 11.5 Å². The molecule has 0 radical (unpaired) electrons. The van der Waals surface area contributed by atoms with Crippen LogP contribution in [0.2, 0.25) is 0 Å². The molecule has 4 rings (SSSR count). The number of aryl methyl sites for hydroxylation is 2. The average Bonchev–Trinajstić information content (AvgIpc) is 2.62. The number of aromatic nitrogens is 2. The van der Waals surface area contributed by atoms with Crippen molar-refractivity contribution in [1.29, 1.82) is 0 Å². The SMILES string of the molecule is Cc1ccc(Oc2ccc3c4ccncc4c(=O)n(C)c3c2)cc1. The Hall–Kier alpha value is -3.14. The lowest BCUT2D eigenvalue weighted by Gasteiger charge is -2.11. The lowest BCUT2D eigenvalue weighted by Crippen LogP contribution is -2.17. The van der Waals surface area contributed by atoms with Gasteiger partial charge >= 0.3 is 0 Å². The third-order valence-electron chi connectivity index (χ3n) is 4.23. The van der Waals surface area contributed by atoms with Crippen molar-refractivity contribution in [3.05, 3.63) is 76.8 Å². The van der Waals surface area contributed by atoms with Gasteiger partial charge < -0.3 is 9.30 Å². The van der Waals surface area contributed by atoms with E-state index in [1.807, 2.05) is 55.5 Å². The van der Waals surface area contributed by atoms with Crippen LogP contribution in [0, 0.1) is 6.92 Å². The number of nitrogens with zero attached hydrogens (tertiary/aromatic N) is 2. The molecule has 4 aromatic rings. The van der Waals surface area contributed by atoms with Crippen LogP contribution in [0.3, 0.4) is 0 Å². The molecule has 2 aromatic carbocycles. The molecule has 0 aliphatic heterocycles. The quantitative estimate of drug-likeness (QED) is 0.521. The molecule has 0 amide bonds. The summed E-state index contributed by atoms with van der Waals surface area (Å²) in [6.07, 6.45) is 3.33. The molecule has 0 atom stereocenters. The van der Waals surface area contributed by atoms with Crippen molar-refractivity contribution in [2.75, 3.05) is 0 Å². The summed E-state index contributed by atoms with van der Waals surface area (Å²) in [5.74, 6) is 1.48. The fourth-order valence-electron chi connectivity index (χ4n) is 2.91. The second-order valence-corrected chi connectivity index (χ2v) is 5.88. The Labute approximate surface area is 139 Å². The second-order valence-electron chi connectivity index (χ2n) is 5.88. The molecule has 0 aliphatic rings. The summed E-state index contributed by atoms with van der Waals surface area (Å²) in [5, 5.41) is 2.54. The van der Waals surface area contributed by atoms with Crippen LogP contribution in [0.25, 0.3) is 21.7 Å². The van der Waals surface area contributed by atoms with E-state index in [4.69, 9.17) is 4.74 Å². The van der Waals surface area contributed by atoms with Gasteiger partial charge in [0, 0.05) is 30.9 Å². The normalized spacial score (nSPS) is 11.1. The number of hydrogen-bond donors (Lipinski definition) is 0. The maximum Gasteiger partial charge on any atom is 0.260 e. The Kier molecular flexibility index (Phi) is 3.31. The Bertz CT molecular complexity index is 1110. The topological polar surface area (TPSA) is 44.1 Å². The van der Waals surface area contributed by atoms with E-state index in [1.165, 1.54) is 5.56 Å². The Morgan fingerprint density at radius 2 is 1.67 bits per heavy atom. The van der Waals surface area contributed by atoms with Crippen LogP contribution < -0.4 is 10.3 Å². The first-order valence-corrected chi connectivity index (χ1v) is 7.74. The molecule has 4 nitrogen and oxygen atoms in total. The Morgan fingerprint density at radius 3 is 2.46 bits per heavy atom. The molecule has 0 bridgehead atoms. The van der Waals surface area contributed by atoms with E-state index in [9.17, 15) is 4.79 Å². The molecule has 0 saturated heterocycles. The summed E-state index contributed by atoms with van der Waals surface area (Å²) in [4.78, 5) is 16.6. The van der Waals surface area contributed by atoms with Crippen molar-refractivity contribution < 1.29 is 4.74 Å². The molecule has 0 unspecified atom stereocenters. The van der Waals surface area contributed by atoms with Crippen LogP contribution in [-0.2, 0) is 7.05 Å². The lowest BCUT2D eigenvalue weighted by molar-refractivity contribution is 0.483. The van der Waals surface area contributed by atoms with Gasteiger partial charge in [0.15, 0.2) is 0 Å². The molecule has 0 N–H and O–H groups in total. The largest absolute Gasteiger partial charge is 0.457 e. The maximum atomic E-state index is 12.5. The number of ether oxygens (including phenoxy) is 1. The zero-order valence-electron chi connectivity index (χ0n) is 13.5. The Morgan fingerprint density at radius 1 is 0.917 bits per heavy atom. The minimum atomic E-state index is -0.0573. The number of benzene rings is 2. The lowest BCUT2D eigenvalue weighted by atomic mass is 10.1. The minimum absolute atomic E-state index is 0.0573. The summed E-state index contributed by atoms with van der Waals surface area (Å²) in [6, 6.07) is 15.6. The standard InChI is InChI=1S/C20H16N2O2/c1-13-3-5-14(6-4-13)24-15-7-8-17-16-9-10-21-12-18(16)20(23)22(2)19(17)11-15/h3-12H,1-2H3. The molecule has 0 aliphatic carbocycles. The van der Waals surface area contributed by atoms with Crippen LogP contribution in [0.5, 0.6) is 11.5 Å². The van der Waals surface area contributed by atoms with Crippen molar-refractivity contribution in [3.8, 4) is 11.5 Å². The van der Waals surface area contributed by atoms with Gasteiger partial charge in [-0.3, -0.25) is 9.78 Å². The third-order valence-corrected chi connectivity index (χ3v) is 4.23. The number of hydrogen-bond acceptors (Lipinski definition) is 3. The smallest absolute Gasteiger partial charge is 0.260 e. The highest BCUT2D eigenvalue weighted by Gasteiger charge is 2.09. The number of rotatable bonds is 2. The highest BCUT2D eigenvalue weighted by molar-refractivity contribution is 6.05. The van der Waals surface area contributed by atoms with Crippen molar-refractivity contribution >= 4 is 21.7 Å². The van der Waals surface area contributed by atoms with E-state index >= 15 is 0 Å². The minimum Gasteiger partial charge on any atom is -0.457 e. The molecular weight excluding hydrogens is 300 g/mol. The maximum absolute atomic E-state index is 12.5. The number of fused-ring (bicyclic) bond motifs is 3. The number of pyridine rings is 2. The van der Waals surface area contributed by atoms with Crippen molar-refractivity contribution in [2.45, 2.75) is 6.92 Å². The fraction of sp³-hybridized carbons (Fsp3) is 0.100. The zero-order chi connectivity index (χ0) is 16.7. The molecule has 0 saturated carbocycles. The van der Waals surface area contributed by atoms with E-state index in [0.717, 1.165) is 22.0 Å². The predicted molar refractivity (Wildman–Crippen MR) is 95.7 cm³/mol. The summed E-state index contributed by atoms with van der Waals surface area (Å²) in [7, 11) is 1.77. The van der Waals surface area contributed by atoms with E-state index in [0.29, 0.717) is 11.1 Å². The highest BCUT2D eigenvalue weighted by atomic mass is 16.5. The van der Waals surface area contributed by atoms with E-state index in [2.05, 4.69) is 4.98 Å². The van der Waals surface area contributed by atoms with Crippen LogP contribution in [0.4, 0.5) is 0 Å². The molecule has 118 valence electrons. The van der Waals surface area contributed by atoms with Crippen LogP contribution in [-0.4, -0.2) is 9.55 Å². The molecule has 4 heteroatoms.